The van der Waals surface area contributed by atoms with Gasteiger partial charge in [0, 0.05) is 12.4 Å². The van der Waals surface area contributed by atoms with E-state index in [1.807, 2.05) is 25.3 Å². The third-order valence-corrected chi connectivity index (χ3v) is 2.41. The Labute approximate surface area is 86.6 Å². The van der Waals surface area contributed by atoms with Gasteiger partial charge in [0.05, 0.1) is 5.56 Å². The fourth-order valence-electron chi connectivity index (χ4n) is 1.14. The normalized spacial score (nSPS) is 10.4. The first-order chi connectivity index (χ1) is 6.79. The second-order valence-electron chi connectivity index (χ2n) is 2.87. The van der Waals surface area contributed by atoms with Gasteiger partial charge in [-0.1, -0.05) is 11.8 Å². The van der Waals surface area contributed by atoms with Crippen LogP contribution in [0.1, 0.15) is 5.76 Å². The molecule has 2 aromatic heterocycles. The molecule has 0 unspecified atom stereocenters. The van der Waals surface area contributed by atoms with Crippen LogP contribution in [0.25, 0.3) is 11.3 Å². The Kier molecular flexibility index (Phi) is 2.54. The maximum atomic E-state index is 5.46. The van der Waals surface area contributed by atoms with Crippen LogP contribution < -0.4 is 0 Å². The molecule has 2 aromatic rings. The molecule has 0 radical (unpaired) electrons. The molecule has 0 aromatic carbocycles. The van der Waals surface area contributed by atoms with E-state index < -0.39 is 0 Å². The number of hydrogen-bond donors (Lipinski definition) is 0. The van der Waals surface area contributed by atoms with Crippen molar-refractivity contribution >= 4 is 11.8 Å². The van der Waals surface area contributed by atoms with Crippen LogP contribution in [-0.2, 0) is 0 Å². The van der Waals surface area contributed by atoms with Gasteiger partial charge < -0.3 is 4.42 Å². The molecule has 72 valence electrons. The molecule has 0 saturated heterocycles. The maximum absolute atomic E-state index is 5.46. The van der Waals surface area contributed by atoms with Crippen LogP contribution in [0.4, 0.5) is 0 Å². The maximum Gasteiger partial charge on any atom is 0.187 e. The Bertz CT molecular complexity index is 422. The van der Waals surface area contributed by atoms with Gasteiger partial charge >= 0.3 is 0 Å². The number of furan rings is 1. The van der Waals surface area contributed by atoms with E-state index in [0.29, 0.717) is 0 Å². The Balaban J connectivity index is 2.33. The van der Waals surface area contributed by atoms with E-state index >= 15 is 0 Å². The molecule has 0 fully saturated rings. The van der Waals surface area contributed by atoms with Crippen molar-refractivity contribution in [2.45, 2.75) is 12.1 Å². The highest BCUT2D eigenvalue weighted by Gasteiger charge is 2.03. The highest BCUT2D eigenvalue weighted by Crippen LogP contribution is 2.21. The molecule has 2 rings (SSSR count). The van der Waals surface area contributed by atoms with Crippen molar-refractivity contribution in [2.75, 3.05) is 6.26 Å². The van der Waals surface area contributed by atoms with Crippen LogP contribution >= 0.6 is 11.8 Å². The summed E-state index contributed by atoms with van der Waals surface area (Å²) in [5.41, 5.74) is 0.913. The van der Waals surface area contributed by atoms with Gasteiger partial charge in [0.1, 0.15) is 11.5 Å². The largest absolute Gasteiger partial charge is 0.461 e. The lowest BCUT2D eigenvalue weighted by Gasteiger charge is -1.96. The SMILES string of the molecule is CSc1ncc(-c2ccc(C)o2)cn1. The first kappa shape index (κ1) is 9.27. The van der Waals surface area contributed by atoms with Crippen molar-refractivity contribution in [1.29, 1.82) is 0 Å². The van der Waals surface area contributed by atoms with Gasteiger partial charge in [0.15, 0.2) is 5.16 Å². The van der Waals surface area contributed by atoms with Crippen molar-refractivity contribution < 1.29 is 4.42 Å². The van der Waals surface area contributed by atoms with Gasteiger partial charge in [-0.2, -0.15) is 0 Å². The van der Waals surface area contributed by atoms with Gasteiger partial charge in [0.25, 0.3) is 0 Å². The fourth-order valence-corrected chi connectivity index (χ4v) is 1.45. The average molecular weight is 206 g/mol. The predicted molar refractivity (Wildman–Crippen MR) is 56.3 cm³/mol. The summed E-state index contributed by atoms with van der Waals surface area (Å²) >= 11 is 1.53. The molecular weight excluding hydrogens is 196 g/mol. The summed E-state index contributed by atoms with van der Waals surface area (Å²) in [5.74, 6) is 1.71. The summed E-state index contributed by atoms with van der Waals surface area (Å²) in [4.78, 5) is 8.35. The van der Waals surface area contributed by atoms with Crippen LogP contribution in [0.3, 0.4) is 0 Å². The highest BCUT2D eigenvalue weighted by atomic mass is 32.2. The van der Waals surface area contributed by atoms with Crippen molar-refractivity contribution in [1.82, 2.24) is 9.97 Å². The summed E-state index contributed by atoms with van der Waals surface area (Å²) in [6.45, 7) is 1.92. The predicted octanol–water partition coefficient (Wildman–Crippen LogP) is 2.77. The smallest absolute Gasteiger partial charge is 0.187 e. The monoisotopic (exact) mass is 206 g/mol. The highest BCUT2D eigenvalue weighted by molar-refractivity contribution is 7.98. The van der Waals surface area contributed by atoms with Crippen LogP contribution in [0.15, 0.2) is 34.1 Å². The van der Waals surface area contributed by atoms with E-state index in [1.165, 1.54) is 11.8 Å². The number of thioether (sulfide) groups is 1. The zero-order chi connectivity index (χ0) is 9.97. The van der Waals surface area contributed by atoms with Crippen molar-refractivity contribution in [2.24, 2.45) is 0 Å². The Morgan fingerprint density at radius 3 is 2.43 bits per heavy atom. The molecular formula is C10H10N2OS. The van der Waals surface area contributed by atoms with Gasteiger partial charge in [-0.05, 0) is 25.3 Å². The lowest BCUT2D eigenvalue weighted by molar-refractivity contribution is 0.547. The van der Waals surface area contributed by atoms with Gasteiger partial charge in [-0.3, -0.25) is 0 Å². The van der Waals surface area contributed by atoms with Crippen LogP contribution in [-0.4, -0.2) is 16.2 Å². The molecule has 2 heterocycles. The average Bonchev–Trinajstić information content (AvgIpc) is 2.65. The molecule has 0 spiro atoms. The molecule has 0 N–H and O–H groups in total. The Hall–Kier alpha value is -1.29. The van der Waals surface area contributed by atoms with E-state index in [4.69, 9.17) is 4.42 Å². The molecule has 0 amide bonds. The first-order valence-corrected chi connectivity index (χ1v) is 5.45. The van der Waals surface area contributed by atoms with Crippen LogP contribution in [0.5, 0.6) is 0 Å². The quantitative estimate of drug-likeness (QED) is 0.559. The first-order valence-electron chi connectivity index (χ1n) is 4.22. The molecule has 3 nitrogen and oxygen atoms in total. The molecule has 0 aliphatic rings. The third kappa shape index (κ3) is 1.80. The summed E-state index contributed by atoms with van der Waals surface area (Å²) < 4.78 is 5.46. The molecule has 0 atom stereocenters. The minimum absolute atomic E-state index is 0.775. The number of nitrogens with zero attached hydrogens (tertiary/aromatic N) is 2. The van der Waals surface area contributed by atoms with E-state index in [-0.39, 0.29) is 0 Å². The summed E-state index contributed by atoms with van der Waals surface area (Å²) in [5, 5.41) is 0.775. The van der Waals surface area contributed by atoms with E-state index in [0.717, 1.165) is 22.2 Å². The third-order valence-electron chi connectivity index (χ3n) is 1.84. The lowest BCUT2D eigenvalue weighted by atomic mass is 10.3. The number of aromatic nitrogens is 2. The van der Waals surface area contributed by atoms with E-state index in [2.05, 4.69) is 9.97 Å². The molecule has 0 bridgehead atoms. The lowest BCUT2D eigenvalue weighted by Crippen LogP contribution is -1.85. The summed E-state index contributed by atoms with van der Waals surface area (Å²) in [6.07, 6.45) is 5.50. The second kappa shape index (κ2) is 3.84. The van der Waals surface area contributed by atoms with Gasteiger partial charge in [-0.15, -0.1) is 0 Å². The molecule has 14 heavy (non-hydrogen) atoms. The van der Waals surface area contributed by atoms with Crippen molar-refractivity contribution in [3.63, 3.8) is 0 Å². The number of aryl methyl sites for hydroxylation is 1. The Morgan fingerprint density at radius 2 is 1.93 bits per heavy atom. The van der Waals surface area contributed by atoms with E-state index in [9.17, 15) is 0 Å². The zero-order valence-corrected chi connectivity index (χ0v) is 8.84. The summed E-state index contributed by atoms with van der Waals surface area (Å²) in [7, 11) is 0. The van der Waals surface area contributed by atoms with Gasteiger partial charge in [0.2, 0.25) is 0 Å². The van der Waals surface area contributed by atoms with Crippen LogP contribution in [0.2, 0.25) is 0 Å². The number of rotatable bonds is 2. The topological polar surface area (TPSA) is 38.9 Å². The number of hydrogen-bond acceptors (Lipinski definition) is 4. The molecule has 0 aliphatic heterocycles. The van der Waals surface area contributed by atoms with Crippen molar-refractivity contribution in [3.05, 3.63) is 30.3 Å². The Morgan fingerprint density at radius 1 is 1.21 bits per heavy atom. The standard InChI is InChI=1S/C10H10N2OS/c1-7-3-4-9(13-7)8-5-11-10(14-2)12-6-8/h3-6H,1-2H3. The minimum Gasteiger partial charge on any atom is -0.461 e. The van der Waals surface area contributed by atoms with Crippen molar-refractivity contribution in [3.8, 4) is 11.3 Å². The van der Waals surface area contributed by atoms with E-state index in [1.54, 1.807) is 12.4 Å². The molecule has 4 heteroatoms. The molecule has 0 saturated carbocycles. The summed E-state index contributed by atoms with van der Waals surface area (Å²) in [6, 6.07) is 3.85. The molecule has 0 aliphatic carbocycles. The van der Waals surface area contributed by atoms with Gasteiger partial charge in [-0.25, -0.2) is 9.97 Å². The zero-order valence-electron chi connectivity index (χ0n) is 8.02. The fraction of sp³-hybridized carbons (Fsp3) is 0.200. The second-order valence-corrected chi connectivity index (χ2v) is 3.64. The minimum atomic E-state index is 0.775. The van der Waals surface area contributed by atoms with Crippen LogP contribution in [0, 0.1) is 6.92 Å².